The molecule has 8 nitrogen and oxygen atoms in total. The Hall–Kier alpha value is -1.23. The Bertz CT molecular complexity index is 805. The third-order valence-corrected chi connectivity index (χ3v) is 7.44. The molecule has 0 saturated carbocycles. The first-order chi connectivity index (χ1) is 13.3. The van der Waals surface area contributed by atoms with E-state index in [1.54, 1.807) is 19.2 Å². The van der Waals surface area contributed by atoms with Crippen LogP contribution in [0.2, 0.25) is 5.02 Å². The molecular weight excluding hydrogens is 408 g/mol. The zero-order valence-electron chi connectivity index (χ0n) is 15.6. The van der Waals surface area contributed by atoms with E-state index < -0.39 is 28.3 Å². The molecule has 0 aliphatic carbocycles. The van der Waals surface area contributed by atoms with E-state index in [0.717, 1.165) is 0 Å². The summed E-state index contributed by atoms with van der Waals surface area (Å²) in [4.78, 5) is 11.7. The van der Waals surface area contributed by atoms with E-state index >= 15 is 0 Å². The van der Waals surface area contributed by atoms with Crippen molar-refractivity contribution >= 4 is 27.5 Å². The second-order valence-corrected chi connectivity index (χ2v) is 9.28. The number of rotatable bonds is 4. The number of nitrogens with zero attached hydrogens (tertiary/aromatic N) is 1. The number of ether oxygens (including phenoxy) is 2. The number of amides is 1. The molecule has 2 heterocycles. The molecule has 2 fully saturated rings. The molecule has 10 heteroatoms. The first kappa shape index (κ1) is 21.5. The molecule has 2 saturated heterocycles. The first-order valence-electron chi connectivity index (χ1n) is 9.21. The summed E-state index contributed by atoms with van der Waals surface area (Å²) < 4.78 is 39.5. The van der Waals surface area contributed by atoms with Gasteiger partial charge in [0, 0.05) is 13.6 Å². The van der Waals surface area contributed by atoms with Crippen molar-refractivity contribution < 1.29 is 27.8 Å². The molecule has 28 heavy (non-hydrogen) atoms. The Morgan fingerprint density at radius 1 is 1.32 bits per heavy atom. The maximum absolute atomic E-state index is 13.3. The van der Waals surface area contributed by atoms with Crippen LogP contribution in [0, 0.1) is 0 Å². The number of halogens is 1. The van der Waals surface area contributed by atoms with Crippen molar-refractivity contribution in [3.63, 3.8) is 0 Å². The number of hydrogen-bond acceptors (Lipinski definition) is 6. The second-order valence-electron chi connectivity index (χ2n) is 7.01. The monoisotopic (exact) mass is 432 g/mol. The lowest BCUT2D eigenvalue weighted by Crippen LogP contribution is -2.57. The first-order valence-corrected chi connectivity index (χ1v) is 11.0. The van der Waals surface area contributed by atoms with Crippen molar-refractivity contribution in [3.05, 3.63) is 29.3 Å². The molecule has 2 aliphatic rings. The fourth-order valence-electron chi connectivity index (χ4n) is 3.66. The van der Waals surface area contributed by atoms with Gasteiger partial charge in [-0.25, -0.2) is 8.42 Å². The van der Waals surface area contributed by atoms with Crippen LogP contribution >= 0.6 is 11.6 Å². The Labute approximate surface area is 169 Å². The molecule has 4 atom stereocenters. The van der Waals surface area contributed by atoms with Gasteiger partial charge in [-0.3, -0.25) is 4.79 Å². The van der Waals surface area contributed by atoms with Gasteiger partial charge < -0.3 is 19.9 Å². The minimum atomic E-state index is -3.95. The number of nitrogens with one attached hydrogen (secondary N) is 1. The van der Waals surface area contributed by atoms with E-state index in [2.05, 4.69) is 5.32 Å². The highest BCUT2D eigenvalue weighted by Crippen LogP contribution is 2.33. The smallest absolute Gasteiger partial charge is 0.244 e. The highest BCUT2D eigenvalue weighted by molar-refractivity contribution is 7.89. The summed E-state index contributed by atoms with van der Waals surface area (Å²) in [6.45, 7) is 0.0277. The lowest BCUT2D eigenvalue weighted by Gasteiger charge is -2.43. The molecule has 0 bridgehead atoms. The zero-order chi connectivity index (χ0) is 20.3. The van der Waals surface area contributed by atoms with Gasteiger partial charge in [0.15, 0.2) is 0 Å². The average Bonchev–Trinajstić information content (AvgIpc) is 2.65. The molecule has 1 aromatic rings. The molecule has 2 N–H and O–H groups in total. The standard InChI is InChI=1S/C18H25ClN2O6S/c1-20-18(23)8-13-6-7-15-16(27-13)11-26-10-12(22)9-21(15)28(24,25)17-5-3-2-4-14(17)19/h2-5,12-13,15-16,22H,6-11H2,1H3,(H,20,23)/t12-,13+,15+,16-/m1/s1. The van der Waals surface area contributed by atoms with Crippen LogP contribution in [0.1, 0.15) is 19.3 Å². The quantitative estimate of drug-likeness (QED) is 0.728. The second kappa shape index (κ2) is 9.06. The molecule has 2 aliphatic heterocycles. The minimum absolute atomic E-state index is 0.00122. The number of carbonyl (C=O) groups is 1. The summed E-state index contributed by atoms with van der Waals surface area (Å²) in [6, 6.07) is 5.72. The van der Waals surface area contributed by atoms with Gasteiger partial charge in [0.25, 0.3) is 0 Å². The SMILES string of the molecule is CNC(=O)C[C@@H]1CC[C@H]2[C@@H](COC[C@H](O)CN2S(=O)(=O)c2ccccc2Cl)O1. The normalized spacial score (nSPS) is 29.4. The lowest BCUT2D eigenvalue weighted by molar-refractivity contribution is -0.146. The highest BCUT2D eigenvalue weighted by atomic mass is 35.5. The van der Waals surface area contributed by atoms with Gasteiger partial charge in [-0.05, 0) is 25.0 Å². The van der Waals surface area contributed by atoms with Gasteiger partial charge in [0.1, 0.15) is 4.90 Å². The predicted octanol–water partition coefficient (Wildman–Crippen LogP) is 0.774. The summed E-state index contributed by atoms with van der Waals surface area (Å²) in [6.07, 6.45) is -0.570. The summed E-state index contributed by atoms with van der Waals surface area (Å²) >= 11 is 6.14. The Kier molecular flexibility index (Phi) is 6.95. The van der Waals surface area contributed by atoms with Gasteiger partial charge in [-0.15, -0.1) is 0 Å². The summed E-state index contributed by atoms with van der Waals surface area (Å²) in [5.74, 6) is -0.133. The molecule has 1 amide bonds. The third-order valence-electron chi connectivity index (χ3n) is 5.05. The Balaban J connectivity index is 1.88. The van der Waals surface area contributed by atoms with Crippen molar-refractivity contribution in [2.24, 2.45) is 0 Å². The molecule has 1 aromatic carbocycles. The van der Waals surface area contributed by atoms with E-state index in [9.17, 15) is 18.3 Å². The van der Waals surface area contributed by atoms with Gasteiger partial charge in [-0.2, -0.15) is 4.31 Å². The van der Waals surface area contributed by atoms with Crippen LogP contribution in [0.15, 0.2) is 29.2 Å². The number of aliphatic hydroxyl groups is 1. The summed E-state index contributed by atoms with van der Waals surface area (Å²) in [7, 11) is -2.39. The Morgan fingerprint density at radius 3 is 2.79 bits per heavy atom. The summed E-state index contributed by atoms with van der Waals surface area (Å²) in [5, 5.41) is 12.9. The van der Waals surface area contributed by atoms with Crippen molar-refractivity contribution in [2.45, 2.75) is 48.5 Å². The number of hydrogen-bond donors (Lipinski definition) is 2. The largest absolute Gasteiger partial charge is 0.389 e. The van der Waals surface area contributed by atoms with Crippen molar-refractivity contribution in [2.75, 3.05) is 26.8 Å². The van der Waals surface area contributed by atoms with Crippen LogP contribution in [0.4, 0.5) is 0 Å². The van der Waals surface area contributed by atoms with Crippen molar-refractivity contribution in [3.8, 4) is 0 Å². The Morgan fingerprint density at radius 2 is 2.07 bits per heavy atom. The van der Waals surface area contributed by atoms with Crippen molar-refractivity contribution in [1.82, 2.24) is 9.62 Å². The topological polar surface area (TPSA) is 105 Å². The summed E-state index contributed by atoms with van der Waals surface area (Å²) in [5.41, 5.74) is 0. The van der Waals surface area contributed by atoms with Crippen LogP contribution in [0.5, 0.6) is 0 Å². The highest BCUT2D eigenvalue weighted by Gasteiger charge is 2.43. The number of aliphatic hydroxyl groups excluding tert-OH is 1. The van der Waals surface area contributed by atoms with Crippen LogP contribution in [0.3, 0.4) is 0 Å². The molecular formula is C18H25ClN2O6S. The predicted molar refractivity (Wildman–Crippen MR) is 103 cm³/mol. The third kappa shape index (κ3) is 4.67. The lowest BCUT2D eigenvalue weighted by atomic mass is 9.96. The average molecular weight is 433 g/mol. The molecule has 0 aromatic heterocycles. The van der Waals surface area contributed by atoms with Crippen LogP contribution in [-0.4, -0.2) is 74.9 Å². The van der Waals surface area contributed by atoms with Crippen LogP contribution in [0.25, 0.3) is 0 Å². The van der Waals surface area contributed by atoms with E-state index in [1.807, 2.05) is 0 Å². The van der Waals surface area contributed by atoms with Crippen LogP contribution < -0.4 is 5.32 Å². The number of carbonyl (C=O) groups excluding carboxylic acids is 1. The van der Waals surface area contributed by atoms with E-state index in [-0.39, 0.29) is 48.1 Å². The van der Waals surface area contributed by atoms with Gasteiger partial charge >= 0.3 is 0 Å². The van der Waals surface area contributed by atoms with E-state index in [4.69, 9.17) is 21.1 Å². The fourth-order valence-corrected chi connectivity index (χ4v) is 5.87. The zero-order valence-corrected chi connectivity index (χ0v) is 17.2. The fraction of sp³-hybridized carbons (Fsp3) is 0.611. The van der Waals surface area contributed by atoms with E-state index in [0.29, 0.717) is 12.8 Å². The van der Waals surface area contributed by atoms with Gasteiger partial charge in [0.2, 0.25) is 15.9 Å². The van der Waals surface area contributed by atoms with Gasteiger partial charge in [-0.1, -0.05) is 23.7 Å². The maximum atomic E-state index is 13.3. The van der Waals surface area contributed by atoms with Crippen molar-refractivity contribution in [1.29, 1.82) is 0 Å². The molecule has 0 unspecified atom stereocenters. The van der Waals surface area contributed by atoms with E-state index in [1.165, 1.54) is 16.4 Å². The molecule has 156 valence electrons. The minimum Gasteiger partial charge on any atom is -0.389 e. The maximum Gasteiger partial charge on any atom is 0.244 e. The number of benzene rings is 1. The molecule has 0 spiro atoms. The molecule has 3 rings (SSSR count). The number of fused-ring (bicyclic) bond motifs is 1. The molecule has 0 radical (unpaired) electrons. The number of β-amino-alcohol motifs (C(OH)–C–C–N with tert-alkyl or cyclic N) is 1. The van der Waals surface area contributed by atoms with Gasteiger partial charge in [0.05, 0.1) is 49.0 Å². The number of sulfonamides is 1. The van der Waals surface area contributed by atoms with Crippen LogP contribution in [-0.2, 0) is 24.3 Å².